The SMILES string of the molecule is CC/C=C\C/C=C\C/C=C\C/C=C\C/C=C\C/C=C\CCC(=O)OCC(O)COP(=O)(O)OCC(O)COP(=O)(O)OCC(COC(=O)CCC/C=C\C/C=C\C/C=C\C/C=C\C/C=C\CC)OC(=O)CCCCCCCCCCCCCCCCC. The van der Waals surface area contributed by atoms with Gasteiger partial charge in [-0.2, -0.15) is 0 Å². The van der Waals surface area contributed by atoms with Crippen LogP contribution in [0.2, 0.25) is 0 Å². The van der Waals surface area contributed by atoms with Crippen molar-refractivity contribution in [2.45, 2.75) is 245 Å². The third-order valence-electron chi connectivity index (χ3n) is 12.9. The molecule has 0 spiro atoms. The number of carbonyl (C=O) groups is 3. The van der Waals surface area contributed by atoms with Crippen LogP contribution in [-0.4, -0.2) is 95.9 Å². The van der Waals surface area contributed by atoms with Gasteiger partial charge in [0, 0.05) is 19.3 Å². The molecule has 0 saturated carbocycles. The van der Waals surface area contributed by atoms with Crippen LogP contribution in [0, 0.1) is 0 Å². The predicted octanol–water partition coefficient (Wildman–Crippen LogP) is 17.6. The fraction of sp³-hybridized carbons (Fsp3) is 0.638. The van der Waals surface area contributed by atoms with Gasteiger partial charge in [-0.3, -0.25) is 32.5 Å². The minimum Gasteiger partial charge on any atom is -0.463 e. The van der Waals surface area contributed by atoms with E-state index in [1.807, 2.05) is 30.4 Å². The van der Waals surface area contributed by atoms with Gasteiger partial charge in [-0.15, -0.1) is 0 Å². The lowest BCUT2D eigenvalue weighted by atomic mass is 10.0. The van der Waals surface area contributed by atoms with E-state index in [4.69, 9.17) is 32.3 Å². The summed E-state index contributed by atoms with van der Waals surface area (Å²) in [5.74, 6) is -1.73. The molecule has 16 nitrogen and oxygen atoms in total. The van der Waals surface area contributed by atoms with Crippen molar-refractivity contribution in [2.75, 3.05) is 39.6 Å². The first-order chi connectivity index (χ1) is 42.2. The molecule has 0 heterocycles. The van der Waals surface area contributed by atoms with Crippen LogP contribution in [0.25, 0.3) is 0 Å². The van der Waals surface area contributed by atoms with Crippen molar-refractivity contribution in [2.24, 2.45) is 0 Å². The maximum absolute atomic E-state index is 12.9. The maximum Gasteiger partial charge on any atom is 0.472 e. The van der Waals surface area contributed by atoms with Gasteiger partial charge in [-0.1, -0.05) is 244 Å². The smallest absolute Gasteiger partial charge is 0.463 e. The molecule has 0 amide bonds. The number of unbranched alkanes of at least 4 members (excludes halogenated alkanes) is 15. The molecular weight excluding hydrogens is 1150 g/mol. The Morgan fingerprint density at radius 2 is 0.632 bits per heavy atom. The van der Waals surface area contributed by atoms with E-state index in [2.05, 4.69) is 124 Å². The van der Waals surface area contributed by atoms with Crippen LogP contribution in [-0.2, 0) is 55.8 Å². The largest absolute Gasteiger partial charge is 0.472 e. The van der Waals surface area contributed by atoms with Crippen LogP contribution in [0.1, 0.15) is 226 Å². The molecule has 0 aliphatic rings. The maximum atomic E-state index is 12.9. The Morgan fingerprint density at radius 3 is 1.02 bits per heavy atom. The van der Waals surface area contributed by atoms with Crippen molar-refractivity contribution < 1.29 is 75.8 Å². The van der Waals surface area contributed by atoms with E-state index < -0.39 is 91.5 Å². The van der Waals surface area contributed by atoms with Crippen molar-refractivity contribution in [1.29, 1.82) is 0 Å². The molecule has 496 valence electrons. The third kappa shape index (κ3) is 63.1. The minimum atomic E-state index is -4.94. The Bertz CT molecular complexity index is 2120. The van der Waals surface area contributed by atoms with Gasteiger partial charge in [-0.05, 0) is 96.3 Å². The van der Waals surface area contributed by atoms with Gasteiger partial charge in [0.15, 0.2) is 6.10 Å². The summed E-state index contributed by atoms with van der Waals surface area (Å²) >= 11 is 0. The summed E-state index contributed by atoms with van der Waals surface area (Å²) in [4.78, 5) is 58.2. The van der Waals surface area contributed by atoms with Gasteiger partial charge >= 0.3 is 33.6 Å². The summed E-state index contributed by atoms with van der Waals surface area (Å²) in [6, 6.07) is 0. The molecule has 0 radical (unpaired) electrons. The number of allylic oxidation sites excluding steroid dienone is 22. The van der Waals surface area contributed by atoms with Crippen LogP contribution in [0.15, 0.2) is 134 Å². The number of ether oxygens (including phenoxy) is 3. The molecule has 0 saturated heterocycles. The number of hydrogen-bond acceptors (Lipinski definition) is 14. The summed E-state index contributed by atoms with van der Waals surface area (Å²) in [5, 5.41) is 20.5. The van der Waals surface area contributed by atoms with E-state index in [9.17, 15) is 43.5 Å². The number of carbonyl (C=O) groups excluding carboxylic acids is 3. The van der Waals surface area contributed by atoms with E-state index in [1.165, 1.54) is 64.2 Å². The lowest BCUT2D eigenvalue weighted by Crippen LogP contribution is -2.30. The average molecular weight is 1260 g/mol. The summed E-state index contributed by atoms with van der Waals surface area (Å²) in [6.45, 7) is 2.26. The molecule has 0 bridgehead atoms. The van der Waals surface area contributed by atoms with Gasteiger partial charge in [0.2, 0.25) is 0 Å². The molecule has 0 fully saturated rings. The molecular formula is C69H114O16P2. The van der Waals surface area contributed by atoms with Crippen LogP contribution < -0.4 is 0 Å². The van der Waals surface area contributed by atoms with E-state index >= 15 is 0 Å². The van der Waals surface area contributed by atoms with Crippen LogP contribution in [0.4, 0.5) is 0 Å². The molecule has 4 N–H and O–H groups in total. The van der Waals surface area contributed by atoms with Crippen LogP contribution >= 0.6 is 15.6 Å². The van der Waals surface area contributed by atoms with Crippen LogP contribution in [0.3, 0.4) is 0 Å². The van der Waals surface area contributed by atoms with Gasteiger partial charge in [-0.25, -0.2) is 9.13 Å². The Kier molecular flexibility index (Phi) is 58.8. The average Bonchev–Trinajstić information content (AvgIpc) is 3.68. The molecule has 5 unspecified atom stereocenters. The van der Waals surface area contributed by atoms with E-state index in [-0.39, 0.29) is 19.3 Å². The van der Waals surface area contributed by atoms with Gasteiger partial charge < -0.3 is 34.2 Å². The van der Waals surface area contributed by atoms with Crippen molar-refractivity contribution in [3.8, 4) is 0 Å². The first-order valence-corrected chi connectivity index (χ1v) is 35.5. The van der Waals surface area contributed by atoms with Crippen molar-refractivity contribution in [3.63, 3.8) is 0 Å². The lowest BCUT2D eigenvalue weighted by Gasteiger charge is -2.21. The highest BCUT2D eigenvalue weighted by atomic mass is 31.2. The topological polar surface area (TPSA) is 231 Å². The number of aliphatic hydroxyl groups excluding tert-OH is 2. The lowest BCUT2D eigenvalue weighted by molar-refractivity contribution is -0.161. The highest BCUT2D eigenvalue weighted by Gasteiger charge is 2.29. The Hall–Kier alpha value is -4.31. The fourth-order valence-electron chi connectivity index (χ4n) is 7.98. The number of aliphatic hydroxyl groups is 2. The van der Waals surface area contributed by atoms with Gasteiger partial charge in [0.1, 0.15) is 25.4 Å². The second kappa shape index (κ2) is 61.9. The van der Waals surface area contributed by atoms with Crippen LogP contribution in [0.5, 0.6) is 0 Å². The normalized spacial score (nSPS) is 15.2. The molecule has 5 atom stereocenters. The molecule has 0 aromatic carbocycles. The zero-order valence-electron chi connectivity index (χ0n) is 53.4. The van der Waals surface area contributed by atoms with Crippen molar-refractivity contribution >= 4 is 33.6 Å². The predicted molar refractivity (Wildman–Crippen MR) is 353 cm³/mol. The molecule has 0 rings (SSSR count). The number of hydrogen-bond donors (Lipinski definition) is 4. The second-order valence-corrected chi connectivity index (χ2v) is 24.1. The van der Waals surface area contributed by atoms with Crippen molar-refractivity contribution in [3.05, 3.63) is 134 Å². The summed E-state index contributed by atoms with van der Waals surface area (Å²) in [7, 11) is -9.81. The minimum absolute atomic E-state index is 0.0557. The Morgan fingerprint density at radius 1 is 0.333 bits per heavy atom. The molecule has 0 aromatic rings. The van der Waals surface area contributed by atoms with Crippen molar-refractivity contribution in [1.82, 2.24) is 0 Å². The first-order valence-electron chi connectivity index (χ1n) is 32.5. The number of phosphoric acid groups is 2. The summed E-state index contributed by atoms with van der Waals surface area (Å²) < 4.78 is 60.6. The summed E-state index contributed by atoms with van der Waals surface area (Å²) in [5.41, 5.74) is 0. The standard InChI is InChI=1S/C69H114O16P2/c1-4-7-10-13-16-19-22-25-28-30-31-33-36-37-40-43-46-49-52-55-67(72)79-58-64(70)59-81-86(75,76)82-60-65(71)61-83-87(77,78)84-63-66(85-69(74)57-54-51-48-45-42-39-34-27-24-21-18-15-12-9-6-3)62-80-68(73)56-53-50-47-44-41-38-35-32-29-26-23-20-17-14-11-8-5-2/h7-8,10-11,16-17,19-20,25-26,28-29,31,33,35,37-38,40,44,46-47,49,64-66,70-71H,4-6,9,12-15,18,21-24,27,30,32,34,36,39,41-43,45,48,50-63H2,1-3H3,(H,75,76)(H,77,78)/b10-7-,11-8-,19-16-,20-17-,28-25-,29-26-,33-31-,38-35-,40-37-,47-44-,49-46-. The molecule has 87 heavy (non-hydrogen) atoms. The second-order valence-electron chi connectivity index (χ2n) is 21.2. The third-order valence-corrected chi connectivity index (χ3v) is 14.8. The van der Waals surface area contributed by atoms with Gasteiger partial charge in [0.25, 0.3) is 0 Å². The fourth-order valence-corrected chi connectivity index (χ4v) is 9.57. The molecule has 0 aromatic heterocycles. The quantitative estimate of drug-likeness (QED) is 0.0146. The van der Waals surface area contributed by atoms with E-state index in [0.717, 1.165) is 89.9 Å². The zero-order chi connectivity index (χ0) is 63.8. The van der Waals surface area contributed by atoms with E-state index in [0.29, 0.717) is 32.1 Å². The zero-order valence-corrected chi connectivity index (χ0v) is 55.2. The molecule has 0 aliphatic carbocycles. The number of phosphoric ester groups is 2. The highest BCUT2D eigenvalue weighted by molar-refractivity contribution is 7.47. The Labute approximate surface area is 525 Å². The highest BCUT2D eigenvalue weighted by Crippen LogP contribution is 2.45. The van der Waals surface area contributed by atoms with Gasteiger partial charge in [0.05, 0.1) is 26.4 Å². The number of esters is 3. The Balaban J connectivity index is 4.80. The molecule has 0 aliphatic heterocycles. The molecule has 18 heteroatoms. The summed E-state index contributed by atoms with van der Waals surface area (Å²) in [6.07, 6.45) is 71.0. The van der Waals surface area contributed by atoms with E-state index in [1.54, 1.807) is 0 Å². The first kappa shape index (κ1) is 82.7. The number of rotatable bonds is 60. The monoisotopic (exact) mass is 1260 g/mol.